The molecule has 228 valence electrons. The van der Waals surface area contributed by atoms with E-state index in [-0.39, 0.29) is 28.7 Å². The molecule has 1 saturated carbocycles. The van der Waals surface area contributed by atoms with Crippen molar-refractivity contribution in [2.24, 2.45) is 11.8 Å². The monoisotopic (exact) mass is 613 g/mol. The molecule has 0 radical (unpaired) electrons. The van der Waals surface area contributed by atoms with Crippen LogP contribution < -0.4 is 5.32 Å². The number of aromatic hydroxyl groups is 1. The number of phenolic OH excluding ortho intramolecular Hbond substituents is 1. The van der Waals surface area contributed by atoms with Gasteiger partial charge in [0.25, 0.3) is 0 Å². The highest BCUT2D eigenvalue weighted by atomic mass is 32.1. The Morgan fingerprint density at radius 1 is 1.19 bits per heavy atom. The number of fused-ring (bicyclic) bond motifs is 3. The van der Waals surface area contributed by atoms with Crippen LogP contribution in [0.15, 0.2) is 34.4 Å². The molecule has 0 saturated heterocycles. The van der Waals surface area contributed by atoms with Crippen LogP contribution >= 0.6 is 11.3 Å². The van der Waals surface area contributed by atoms with E-state index in [1.165, 1.54) is 30.4 Å². The van der Waals surface area contributed by atoms with E-state index in [4.69, 9.17) is 4.74 Å². The minimum atomic E-state index is -2.92. The first-order valence-corrected chi connectivity index (χ1v) is 14.4. The Bertz CT molecular complexity index is 1640. The molecular weight excluding hydrogens is 582 g/mol. The lowest BCUT2D eigenvalue weighted by Crippen LogP contribution is -2.70. The molecule has 0 spiro atoms. The minimum Gasteiger partial charge on any atom is -0.508 e. The zero-order chi connectivity index (χ0) is 31.7. The van der Waals surface area contributed by atoms with Gasteiger partial charge in [-0.25, -0.2) is 9.78 Å². The van der Waals surface area contributed by atoms with Crippen LogP contribution in [-0.4, -0.2) is 97.2 Å². The van der Waals surface area contributed by atoms with Crippen LogP contribution in [0.3, 0.4) is 0 Å². The molecule has 0 amide bonds. The van der Waals surface area contributed by atoms with Crippen LogP contribution in [0.2, 0.25) is 0 Å². The van der Waals surface area contributed by atoms with Gasteiger partial charge >= 0.3 is 5.97 Å². The van der Waals surface area contributed by atoms with Crippen LogP contribution in [0.5, 0.6) is 5.75 Å². The summed E-state index contributed by atoms with van der Waals surface area (Å²) >= 11 is 1.06. The molecule has 13 nitrogen and oxygen atoms in total. The number of aromatic nitrogens is 1. The van der Waals surface area contributed by atoms with E-state index >= 15 is 0 Å². The van der Waals surface area contributed by atoms with Crippen LogP contribution in [0.25, 0.3) is 5.76 Å². The zero-order valence-electron chi connectivity index (χ0n) is 23.9. The van der Waals surface area contributed by atoms with Gasteiger partial charge in [0, 0.05) is 16.9 Å². The molecule has 0 unspecified atom stereocenters. The molecule has 2 aromatic rings. The van der Waals surface area contributed by atoms with Gasteiger partial charge in [-0.15, -0.1) is 11.3 Å². The number of benzene rings is 1. The van der Waals surface area contributed by atoms with Gasteiger partial charge < -0.3 is 35.6 Å². The van der Waals surface area contributed by atoms with Crippen molar-refractivity contribution < 1.29 is 49.4 Å². The Labute approximate surface area is 249 Å². The number of carbonyl (C=O) groups is 4. The molecule has 1 heterocycles. The number of thiazole rings is 1. The van der Waals surface area contributed by atoms with Crippen molar-refractivity contribution in [1.29, 1.82) is 0 Å². The molecule has 0 bridgehead atoms. The number of rotatable bonds is 6. The fourth-order valence-corrected chi connectivity index (χ4v) is 7.26. The maximum absolute atomic E-state index is 14.1. The lowest BCUT2D eigenvalue weighted by atomic mass is 9.54. The van der Waals surface area contributed by atoms with Crippen molar-refractivity contribution >= 4 is 51.2 Å². The SMILES string of the molecule is CCOC(=O)c1csc(Nc2ccc3c(c2O)C(O)=C2C(=O)[C@]4(O)C(O)=C(C(C)=O)C(=O)[C@@H](N(C)C)[C@@H]4[C@@H](O)[C@@H]2[C@H]3C)n1. The molecule has 5 rings (SSSR count). The molecule has 43 heavy (non-hydrogen) atoms. The summed E-state index contributed by atoms with van der Waals surface area (Å²) in [5.74, 6) is -9.40. The fourth-order valence-electron chi connectivity index (χ4n) is 6.56. The van der Waals surface area contributed by atoms with Gasteiger partial charge in [0.15, 0.2) is 28.0 Å². The Hall–Kier alpha value is -4.11. The maximum atomic E-state index is 14.1. The number of ether oxygens (including phenoxy) is 1. The number of hydrogen-bond acceptors (Lipinski definition) is 14. The molecule has 6 atom stereocenters. The summed E-state index contributed by atoms with van der Waals surface area (Å²) in [5, 5.41) is 61.9. The predicted molar refractivity (Wildman–Crippen MR) is 153 cm³/mol. The van der Waals surface area contributed by atoms with Crippen LogP contribution in [0.4, 0.5) is 10.8 Å². The number of likely N-dealkylation sites (N-methyl/N-ethyl adjacent to an activating group) is 1. The number of esters is 1. The van der Waals surface area contributed by atoms with Gasteiger partial charge in [-0.05, 0) is 45.5 Å². The van der Waals surface area contributed by atoms with Crippen molar-refractivity contribution in [2.75, 3.05) is 26.0 Å². The van der Waals surface area contributed by atoms with Crippen molar-refractivity contribution in [3.05, 3.63) is 51.2 Å². The Morgan fingerprint density at radius 2 is 1.86 bits per heavy atom. The summed E-state index contributed by atoms with van der Waals surface area (Å²) in [6, 6.07) is 1.73. The largest absolute Gasteiger partial charge is 0.508 e. The number of nitrogens with one attached hydrogen (secondary N) is 1. The third-order valence-corrected chi connectivity index (χ3v) is 9.22. The highest BCUT2D eigenvalue weighted by Crippen LogP contribution is 2.56. The predicted octanol–water partition coefficient (Wildman–Crippen LogP) is 1.98. The smallest absolute Gasteiger partial charge is 0.357 e. The van der Waals surface area contributed by atoms with Gasteiger partial charge in [-0.1, -0.05) is 13.0 Å². The summed E-state index contributed by atoms with van der Waals surface area (Å²) in [5.41, 5.74) is -3.81. The molecule has 14 heteroatoms. The average molecular weight is 614 g/mol. The van der Waals surface area contributed by atoms with Crippen molar-refractivity contribution in [3.63, 3.8) is 0 Å². The summed E-state index contributed by atoms with van der Waals surface area (Å²) < 4.78 is 4.94. The summed E-state index contributed by atoms with van der Waals surface area (Å²) in [6.07, 6.45) is -1.65. The number of anilines is 2. The maximum Gasteiger partial charge on any atom is 0.357 e. The molecule has 6 N–H and O–H groups in total. The first-order chi connectivity index (χ1) is 20.2. The van der Waals surface area contributed by atoms with Crippen LogP contribution in [0, 0.1) is 11.8 Å². The Morgan fingerprint density at radius 3 is 2.47 bits per heavy atom. The molecule has 1 fully saturated rings. The summed E-state index contributed by atoms with van der Waals surface area (Å²) in [7, 11) is 2.96. The highest BCUT2D eigenvalue weighted by Gasteiger charge is 2.68. The second-order valence-corrected chi connectivity index (χ2v) is 11.9. The van der Waals surface area contributed by atoms with E-state index in [1.807, 2.05) is 0 Å². The Balaban J connectivity index is 1.65. The lowest BCUT2D eigenvalue weighted by molar-refractivity contribution is -0.169. The summed E-state index contributed by atoms with van der Waals surface area (Å²) in [4.78, 5) is 57.3. The third-order valence-electron chi connectivity index (χ3n) is 8.47. The Kier molecular flexibility index (Phi) is 7.45. The number of aliphatic hydroxyl groups excluding tert-OH is 3. The van der Waals surface area contributed by atoms with E-state index in [9.17, 15) is 44.7 Å². The first-order valence-electron chi connectivity index (χ1n) is 13.5. The molecule has 1 aromatic heterocycles. The standard InChI is InChI=1S/C29H31N3O10S/c1-6-42-27(40)14-9-43-28(31-14)30-13-8-7-12-10(2)15-18(22(35)17(12)21(13)34)26(39)29(41)19(23(15)36)20(32(4)5)24(37)16(11(3)33)25(29)38/h7-10,15,19-20,23,34-36,38,41H,6H2,1-5H3,(H,30,31)/t10-,15+,19+,20-,23-,29+/m0/s1. The number of aliphatic hydroxyl groups is 4. The van der Waals surface area contributed by atoms with Gasteiger partial charge in [0.1, 0.15) is 22.8 Å². The number of phenols is 1. The third kappa shape index (κ3) is 4.27. The van der Waals surface area contributed by atoms with E-state index in [0.29, 0.717) is 5.56 Å². The van der Waals surface area contributed by atoms with E-state index < -0.39 is 87.2 Å². The van der Waals surface area contributed by atoms with Crippen molar-refractivity contribution in [2.45, 2.75) is 44.4 Å². The molecular formula is C29H31N3O10S. The van der Waals surface area contributed by atoms with Gasteiger partial charge in [0.2, 0.25) is 5.78 Å². The molecule has 3 aliphatic carbocycles. The molecule has 0 aliphatic heterocycles. The molecule has 1 aromatic carbocycles. The van der Waals surface area contributed by atoms with E-state index in [2.05, 4.69) is 10.3 Å². The van der Waals surface area contributed by atoms with Gasteiger partial charge in [-0.2, -0.15) is 0 Å². The molecule has 3 aliphatic rings. The van der Waals surface area contributed by atoms with Gasteiger partial charge in [0.05, 0.1) is 35.9 Å². The normalized spacial score (nSPS) is 28.4. The number of hydrogen-bond donors (Lipinski definition) is 6. The second kappa shape index (κ2) is 10.6. The number of Topliss-reactive ketones (excluding diaryl/α,β-unsaturated/α-hetero) is 3. The number of nitrogens with zero attached hydrogens (tertiary/aromatic N) is 2. The summed E-state index contributed by atoms with van der Waals surface area (Å²) in [6.45, 7) is 4.48. The lowest BCUT2D eigenvalue weighted by Gasteiger charge is -2.53. The van der Waals surface area contributed by atoms with E-state index in [1.54, 1.807) is 19.9 Å². The first kappa shape index (κ1) is 30.4. The van der Waals surface area contributed by atoms with Crippen molar-refractivity contribution in [1.82, 2.24) is 9.88 Å². The minimum absolute atomic E-state index is 0.0533. The van der Waals surface area contributed by atoms with E-state index in [0.717, 1.165) is 18.3 Å². The van der Waals surface area contributed by atoms with Crippen LogP contribution in [-0.2, 0) is 19.1 Å². The average Bonchev–Trinajstić information content (AvgIpc) is 3.40. The van der Waals surface area contributed by atoms with Crippen molar-refractivity contribution in [3.8, 4) is 5.75 Å². The topological polar surface area (TPSA) is 207 Å². The number of ketones is 3. The van der Waals surface area contributed by atoms with Gasteiger partial charge in [-0.3, -0.25) is 19.3 Å². The zero-order valence-corrected chi connectivity index (χ0v) is 24.7. The van der Waals surface area contributed by atoms with Crippen LogP contribution in [0.1, 0.15) is 48.3 Å². The number of carbonyl (C=O) groups excluding carboxylic acids is 4. The quantitative estimate of drug-likeness (QED) is 0.157. The fraction of sp³-hybridized carbons (Fsp3) is 0.414. The highest BCUT2D eigenvalue weighted by molar-refractivity contribution is 7.14. The second-order valence-electron chi connectivity index (χ2n) is 11.1.